The van der Waals surface area contributed by atoms with Crippen molar-refractivity contribution in [3.05, 3.63) is 23.9 Å². The molecule has 0 saturated carbocycles. The molecule has 0 atom stereocenters. The summed E-state index contributed by atoms with van der Waals surface area (Å²) in [7, 11) is 1.43. The highest BCUT2D eigenvalue weighted by molar-refractivity contribution is 5.67. The third-order valence-corrected chi connectivity index (χ3v) is 1.81. The van der Waals surface area contributed by atoms with Gasteiger partial charge >= 0.3 is 12.3 Å². The average molecular weight is 264 g/mol. The van der Waals surface area contributed by atoms with E-state index >= 15 is 0 Å². The summed E-state index contributed by atoms with van der Waals surface area (Å²) in [5.41, 5.74) is 0.630. The number of amides is 1. The molecule has 0 spiro atoms. The molecule has 8 heteroatoms. The van der Waals surface area contributed by atoms with E-state index in [1.54, 1.807) is 12.1 Å². The summed E-state index contributed by atoms with van der Waals surface area (Å²) in [5, 5.41) is 2.18. The van der Waals surface area contributed by atoms with Crippen LogP contribution >= 0.6 is 0 Å². The highest BCUT2D eigenvalue weighted by Crippen LogP contribution is 2.14. The Kier molecular flexibility index (Phi) is 4.75. The van der Waals surface area contributed by atoms with Crippen molar-refractivity contribution in [1.29, 1.82) is 0 Å². The maximum atomic E-state index is 11.7. The first-order valence-electron chi connectivity index (χ1n) is 4.87. The molecule has 0 fully saturated rings. The Balaban J connectivity index is 2.38. The van der Waals surface area contributed by atoms with Crippen LogP contribution in [0.25, 0.3) is 0 Å². The first kappa shape index (κ1) is 14.1. The fourth-order valence-corrected chi connectivity index (χ4v) is 1.04. The Morgan fingerprint density at radius 2 is 2.22 bits per heavy atom. The van der Waals surface area contributed by atoms with Gasteiger partial charge in [0.05, 0.1) is 7.11 Å². The molecule has 0 radical (unpaired) electrons. The van der Waals surface area contributed by atoms with Crippen LogP contribution in [0.3, 0.4) is 0 Å². The number of aromatic nitrogens is 1. The van der Waals surface area contributed by atoms with Gasteiger partial charge in [-0.05, 0) is 11.6 Å². The van der Waals surface area contributed by atoms with Gasteiger partial charge in [-0.25, -0.2) is 9.78 Å². The van der Waals surface area contributed by atoms with Crippen molar-refractivity contribution in [2.75, 3.05) is 13.7 Å². The van der Waals surface area contributed by atoms with Gasteiger partial charge < -0.3 is 14.8 Å². The number of nitrogens with one attached hydrogen (secondary N) is 1. The van der Waals surface area contributed by atoms with E-state index in [1.807, 2.05) is 0 Å². The monoisotopic (exact) mass is 264 g/mol. The van der Waals surface area contributed by atoms with E-state index in [4.69, 9.17) is 4.74 Å². The molecule has 1 N–H and O–H groups in total. The predicted molar refractivity (Wildman–Crippen MR) is 55.0 cm³/mol. The first-order chi connectivity index (χ1) is 8.40. The zero-order valence-electron chi connectivity index (χ0n) is 9.45. The summed E-state index contributed by atoms with van der Waals surface area (Å²) in [4.78, 5) is 14.8. The number of pyridine rings is 1. The van der Waals surface area contributed by atoms with Crippen molar-refractivity contribution < 1.29 is 27.4 Å². The predicted octanol–water partition coefficient (Wildman–Crippen LogP) is 1.88. The molecule has 0 aromatic carbocycles. The molecule has 0 aliphatic heterocycles. The van der Waals surface area contributed by atoms with E-state index in [9.17, 15) is 18.0 Å². The van der Waals surface area contributed by atoms with E-state index in [1.165, 1.54) is 13.3 Å². The lowest BCUT2D eigenvalue weighted by Crippen LogP contribution is -2.28. The number of halogens is 3. The minimum Gasteiger partial charge on any atom is -0.481 e. The summed E-state index contributed by atoms with van der Waals surface area (Å²) in [6, 6.07) is 3.14. The van der Waals surface area contributed by atoms with Gasteiger partial charge in [0, 0.05) is 18.8 Å². The van der Waals surface area contributed by atoms with Gasteiger partial charge in [-0.3, -0.25) is 0 Å². The number of nitrogens with zero attached hydrogens (tertiary/aromatic N) is 1. The van der Waals surface area contributed by atoms with Gasteiger partial charge in [-0.1, -0.05) is 0 Å². The van der Waals surface area contributed by atoms with Crippen LogP contribution in [-0.2, 0) is 11.3 Å². The van der Waals surface area contributed by atoms with Crippen LogP contribution in [0.15, 0.2) is 18.3 Å². The molecule has 1 amide bonds. The summed E-state index contributed by atoms with van der Waals surface area (Å²) >= 11 is 0. The zero-order valence-corrected chi connectivity index (χ0v) is 9.45. The van der Waals surface area contributed by atoms with Gasteiger partial charge in [-0.2, -0.15) is 13.2 Å². The molecule has 1 rings (SSSR count). The third kappa shape index (κ3) is 5.37. The topological polar surface area (TPSA) is 60.5 Å². The first-order valence-corrected chi connectivity index (χ1v) is 4.87. The highest BCUT2D eigenvalue weighted by Gasteiger charge is 2.29. The smallest absolute Gasteiger partial charge is 0.422 e. The molecule has 1 aromatic heterocycles. The number of alkyl carbamates (subject to hydrolysis) is 1. The second-order valence-electron chi connectivity index (χ2n) is 3.25. The Morgan fingerprint density at radius 1 is 1.50 bits per heavy atom. The van der Waals surface area contributed by atoms with Crippen LogP contribution in [0, 0.1) is 0 Å². The molecule has 0 aliphatic rings. The molecule has 0 saturated heterocycles. The van der Waals surface area contributed by atoms with Crippen molar-refractivity contribution in [2.45, 2.75) is 12.7 Å². The summed E-state index contributed by atoms with van der Waals surface area (Å²) in [6.45, 7) is -1.59. The van der Waals surface area contributed by atoms with E-state index in [0.29, 0.717) is 11.4 Å². The number of hydrogen-bond acceptors (Lipinski definition) is 4. The normalized spacial score (nSPS) is 10.9. The number of carbonyl (C=O) groups excluding carboxylic acids is 1. The molecule has 0 bridgehead atoms. The number of rotatable bonds is 4. The Morgan fingerprint density at radius 3 is 2.83 bits per heavy atom. The molecule has 0 unspecified atom stereocenters. The lowest BCUT2D eigenvalue weighted by molar-refractivity contribution is -0.160. The van der Waals surface area contributed by atoms with Crippen LogP contribution < -0.4 is 10.1 Å². The molecule has 100 valence electrons. The van der Waals surface area contributed by atoms with Crippen molar-refractivity contribution in [3.8, 4) is 5.88 Å². The zero-order chi connectivity index (χ0) is 13.6. The van der Waals surface area contributed by atoms with E-state index in [2.05, 4.69) is 15.0 Å². The molecule has 0 aliphatic carbocycles. The largest absolute Gasteiger partial charge is 0.481 e. The van der Waals surface area contributed by atoms with Gasteiger partial charge in [0.25, 0.3) is 0 Å². The fraction of sp³-hybridized carbons (Fsp3) is 0.400. The molecular weight excluding hydrogens is 253 g/mol. The molecule has 1 heterocycles. The Hall–Kier alpha value is -1.99. The van der Waals surface area contributed by atoms with E-state index in [-0.39, 0.29) is 6.54 Å². The lowest BCUT2D eigenvalue weighted by atomic mass is 10.3. The van der Waals surface area contributed by atoms with Crippen molar-refractivity contribution in [3.63, 3.8) is 0 Å². The number of carbonyl (C=O) groups is 1. The lowest BCUT2D eigenvalue weighted by Gasteiger charge is -2.09. The Bertz CT molecular complexity index is 410. The van der Waals surface area contributed by atoms with Gasteiger partial charge in [0.15, 0.2) is 6.61 Å². The highest BCUT2D eigenvalue weighted by atomic mass is 19.4. The van der Waals surface area contributed by atoms with E-state index < -0.39 is 18.9 Å². The third-order valence-electron chi connectivity index (χ3n) is 1.81. The van der Waals surface area contributed by atoms with Crippen LogP contribution in [0.4, 0.5) is 18.0 Å². The minimum absolute atomic E-state index is 0.0234. The molecule has 5 nitrogen and oxygen atoms in total. The van der Waals surface area contributed by atoms with Crippen LogP contribution in [0.1, 0.15) is 5.56 Å². The quantitative estimate of drug-likeness (QED) is 0.902. The summed E-state index contributed by atoms with van der Waals surface area (Å²) in [5.74, 6) is 0.345. The number of methoxy groups -OCH3 is 1. The van der Waals surface area contributed by atoms with Crippen molar-refractivity contribution in [1.82, 2.24) is 10.3 Å². The number of alkyl halides is 3. The summed E-state index contributed by atoms with van der Waals surface area (Å²) in [6.07, 6.45) is -4.21. The number of ether oxygens (including phenoxy) is 2. The Labute approximate surface area is 101 Å². The van der Waals surface area contributed by atoms with Crippen molar-refractivity contribution >= 4 is 6.09 Å². The average Bonchev–Trinajstić information content (AvgIpc) is 2.33. The van der Waals surface area contributed by atoms with E-state index in [0.717, 1.165) is 0 Å². The molecule has 18 heavy (non-hydrogen) atoms. The van der Waals surface area contributed by atoms with Gasteiger partial charge in [-0.15, -0.1) is 0 Å². The van der Waals surface area contributed by atoms with Crippen LogP contribution in [0.5, 0.6) is 5.88 Å². The number of hydrogen-bond donors (Lipinski definition) is 1. The second kappa shape index (κ2) is 6.08. The van der Waals surface area contributed by atoms with Gasteiger partial charge in [0.2, 0.25) is 5.88 Å². The second-order valence-corrected chi connectivity index (χ2v) is 3.25. The standard InChI is InChI=1S/C10H11F3N2O3/c1-17-8-4-7(2-3-14-8)5-15-9(16)18-6-10(11,12)13/h2-4H,5-6H2,1H3,(H,15,16). The molecular formula is C10H11F3N2O3. The van der Waals surface area contributed by atoms with Crippen LogP contribution in [0.2, 0.25) is 0 Å². The summed E-state index contributed by atoms with van der Waals surface area (Å²) < 4.78 is 44.1. The SMILES string of the molecule is COc1cc(CNC(=O)OCC(F)(F)F)ccn1. The fourth-order valence-electron chi connectivity index (χ4n) is 1.04. The molecule has 1 aromatic rings. The van der Waals surface area contributed by atoms with Gasteiger partial charge in [0.1, 0.15) is 0 Å². The maximum absolute atomic E-state index is 11.7. The minimum atomic E-state index is -4.53. The maximum Gasteiger partial charge on any atom is 0.422 e. The van der Waals surface area contributed by atoms with Crippen molar-refractivity contribution in [2.24, 2.45) is 0 Å². The van der Waals surface area contributed by atoms with Crippen LogP contribution in [-0.4, -0.2) is 31.0 Å².